The van der Waals surface area contributed by atoms with Crippen LogP contribution in [0.25, 0.3) is 0 Å². The first-order chi connectivity index (χ1) is 11.9. The molecule has 0 aliphatic rings. The molecule has 0 heterocycles. The predicted molar refractivity (Wildman–Crippen MR) is 93.5 cm³/mol. The average Bonchev–Trinajstić information content (AvgIpc) is 2.54. The van der Waals surface area contributed by atoms with E-state index in [0.29, 0.717) is 12.2 Å². The van der Waals surface area contributed by atoms with E-state index < -0.39 is 18.9 Å². The molecule has 3 N–H and O–H groups in total. The summed E-state index contributed by atoms with van der Waals surface area (Å²) in [4.78, 5) is 12.0. The summed E-state index contributed by atoms with van der Waals surface area (Å²) >= 11 is 0. The number of hydrogen-bond donors (Lipinski definition) is 3. The van der Waals surface area contributed by atoms with Crippen molar-refractivity contribution in [2.75, 3.05) is 6.61 Å². The van der Waals surface area contributed by atoms with Crippen molar-refractivity contribution in [1.29, 1.82) is 0 Å². The van der Waals surface area contributed by atoms with Crippen LogP contribution in [0, 0.1) is 12.7 Å². The maximum atomic E-state index is 13.3. The SMILES string of the molecule is Cc1cc(F)cc(OCCC(=O)NC(Cc2ccccc2)B(O)O)c1. The Morgan fingerprint density at radius 3 is 2.60 bits per heavy atom. The fourth-order valence-corrected chi connectivity index (χ4v) is 2.43. The van der Waals surface area contributed by atoms with E-state index in [1.807, 2.05) is 30.3 Å². The van der Waals surface area contributed by atoms with Gasteiger partial charge in [0.1, 0.15) is 11.6 Å². The summed E-state index contributed by atoms with van der Waals surface area (Å²) in [6.45, 7) is 1.81. The highest BCUT2D eigenvalue weighted by atomic mass is 19.1. The first kappa shape index (κ1) is 19.0. The molecular formula is C18H21BFNO4. The topological polar surface area (TPSA) is 78.8 Å². The Hall–Kier alpha value is -2.38. The van der Waals surface area contributed by atoms with Crippen LogP contribution >= 0.6 is 0 Å². The van der Waals surface area contributed by atoms with Crippen LogP contribution in [0.3, 0.4) is 0 Å². The molecule has 1 amide bonds. The van der Waals surface area contributed by atoms with Gasteiger partial charge in [-0.05, 0) is 36.6 Å². The minimum atomic E-state index is -1.67. The van der Waals surface area contributed by atoms with Crippen LogP contribution in [0.4, 0.5) is 4.39 Å². The number of benzene rings is 2. The summed E-state index contributed by atoms with van der Waals surface area (Å²) in [6, 6.07) is 13.5. The molecule has 0 saturated carbocycles. The van der Waals surface area contributed by atoms with E-state index in [4.69, 9.17) is 4.74 Å². The van der Waals surface area contributed by atoms with Gasteiger partial charge in [-0.1, -0.05) is 30.3 Å². The summed E-state index contributed by atoms with van der Waals surface area (Å²) < 4.78 is 18.6. The van der Waals surface area contributed by atoms with E-state index in [2.05, 4.69) is 5.32 Å². The maximum absolute atomic E-state index is 13.3. The molecule has 0 aromatic heterocycles. The highest BCUT2D eigenvalue weighted by Gasteiger charge is 2.25. The largest absolute Gasteiger partial charge is 0.493 e. The minimum Gasteiger partial charge on any atom is -0.493 e. The second kappa shape index (κ2) is 9.20. The summed E-state index contributed by atoms with van der Waals surface area (Å²) in [6.07, 6.45) is 0.321. The number of aryl methyl sites for hydroxylation is 1. The zero-order chi connectivity index (χ0) is 18.2. The normalized spacial score (nSPS) is 11.7. The predicted octanol–water partition coefficient (Wildman–Crippen LogP) is 1.64. The van der Waals surface area contributed by atoms with Crippen molar-refractivity contribution in [2.24, 2.45) is 0 Å². The molecule has 0 aliphatic carbocycles. The van der Waals surface area contributed by atoms with Crippen molar-refractivity contribution in [3.8, 4) is 5.75 Å². The second-order valence-corrected chi connectivity index (χ2v) is 5.84. The molecule has 2 rings (SSSR count). The molecule has 1 unspecified atom stereocenters. The van der Waals surface area contributed by atoms with Gasteiger partial charge in [-0.15, -0.1) is 0 Å². The molecule has 0 saturated heterocycles. The quantitative estimate of drug-likeness (QED) is 0.636. The summed E-state index contributed by atoms with van der Waals surface area (Å²) in [5.41, 5.74) is 1.61. The number of nitrogens with one attached hydrogen (secondary N) is 1. The van der Waals surface area contributed by atoms with E-state index in [0.717, 1.165) is 11.1 Å². The molecule has 2 aromatic rings. The molecule has 0 spiro atoms. The minimum absolute atomic E-state index is 0.0214. The van der Waals surface area contributed by atoms with Gasteiger partial charge >= 0.3 is 7.12 Å². The van der Waals surface area contributed by atoms with Crippen LogP contribution in [0.2, 0.25) is 0 Å². The fourth-order valence-electron chi connectivity index (χ4n) is 2.43. The molecule has 0 aliphatic heterocycles. The maximum Gasteiger partial charge on any atom is 0.475 e. The molecule has 132 valence electrons. The van der Waals surface area contributed by atoms with Crippen LogP contribution < -0.4 is 10.1 Å². The van der Waals surface area contributed by atoms with E-state index in [1.54, 1.807) is 13.0 Å². The fraction of sp³-hybridized carbons (Fsp3) is 0.278. The lowest BCUT2D eigenvalue weighted by atomic mass is 9.76. The number of amides is 1. The van der Waals surface area contributed by atoms with E-state index in [9.17, 15) is 19.2 Å². The molecule has 25 heavy (non-hydrogen) atoms. The van der Waals surface area contributed by atoms with Gasteiger partial charge in [0.25, 0.3) is 0 Å². The third-order valence-corrected chi connectivity index (χ3v) is 3.62. The Morgan fingerprint density at radius 1 is 1.24 bits per heavy atom. The van der Waals surface area contributed by atoms with Crippen LogP contribution in [-0.4, -0.2) is 35.6 Å². The third-order valence-electron chi connectivity index (χ3n) is 3.62. The number of carbonyl (C=O) groups excluding carboxylic acids is 1. The van der Waals surface area contributed by atoms with Gasteiger partial charge < -0.3 is 20.1 Å². The standard InChI is InChI=1S/C18H21BFNO4/c1-13-9-15(20)12-16(10-13)25-8-7-18(22)21-17(19(23)24)11-14-5-3-2-4-6-14/h2-6,9-10,12,17,23-24H,7-8,11H2,1H3,(H,21,22). The Kier molecular flexibility index (Phi) is 6.97. The van der Waals surface area contributed by atoms with E-state index in [1.165, 1.54) is 12.1 Å². The van der Waals surface area contributed by atoms with Crippen LogP contribution in [0.15, 0.2) is 48.5 Å². The van der Waals surface area contributed by atoms with E-state index in [-0.39, 0.29) is 18.9 Å². The van der Waals surface area contributed by atoms with Gasteiger partial charge in [-0.25, -0.2) is 4.39 Å². The van der Waals surface area contributed by atoms with Crippen molar-refractivity contribution in [1.82, 2.24) is 5.32 Å². The summed E-state index contributed by atoms with van der Waals surface area (Å²) in [5, 5.41) is 21.5. The highest BCUT2D eigenvalue weighted by molar-refractivity contribution is 6.43. The van der Waals surface area contributed by atoms with Crippen LogP contribution in [0.1, 0.15) is 17.5 Å². The second-order valence-electron chi connectivity index (χ2n) is 5.84. The third kappa shape index (κ3) is 6.56. The molecule has 1 atom stereocenters. The first-order valence-electron chi connectivity index (χ1n) is 8.03. The lowest BCUT2D eigenvalue weighted by Crippen LogP contribution is -2.48. The Morgan fingerprint density at radius 2 is 1.96 bits per heavy atom. The molecule has 0 radical (unpaired) electrons. The van der Waals surface area contributed by atoms with Crippen molar-refractivity contribution in [2.45, 2.75) is 25.7 Å². The number of halogens is 1. The summed E-state index contributed by atoms with van der Waals surface area (Å²) in [7, 11) is -1.67. The molecule has 7 heteroatoms. The summed E-state index contributed by atoms with van der Waals surface area (Å²) in [5.74, 6) is -1.23. The van der Waals surface area contributed by atoms with E-state index >= 15 is 0 Å². The van der Waals surface area contributed by atoms with Gasteiger partial charge in [0.2, 0.25) is 5.91 Å². The molecule has 2 aromatic carbocycles. The van der Waals surface area contributed by atoms with Crippen molar-refractivity contribution in [3.05, 3.63) is 65.5 Å². The van der Waals surface area contributed by atoms with Gasteiger partial charge in [-0.2, -0.15) is 0 Å². The zero-order valence-electron chi connectivity index (χ0n) is 14.0. The molecule has 0 fully saturated rings. The van der Waals surface area contributed by atoms with Gasteiger partial charge in [-0.3, -0.25) is 4.79 Å². The monoisotopic (exact) mass is 345 g/mol. The van der Waals surface area contributed by atoms with Crippen molar-refractivity contribution < 1.29 is 24.0 Å². The number of rotatable bonds is 8. The average molecular weight is 345 g/mol. The van der Waals surface area contributed by atoms with Gasteiger partial charge in [0.15, 0.2) is 0 Å². The van der Waals surface area contributed by atoms with Gasteiger partial charge in [0, 0.05) is 6.07 Å². The molecule has 5 nitrogen and oxygen atoms in total. The van der Waals surface area contributed by atoms with Crippen LogP contribution in [0.5, 0.6) is 5.75 Å². The molecule has 0 bridgehead atoms. The lowest BCUT2D eigenvalue weighted by Gasteiger charge is -2.18. The van der Waals surface area contributed by atoms with Gasteiger partial charge in [0.05, 0.1) is 19.0 Å². The number of hydrogen-bond acceptors (Lipinski definition) is 4. The van der Waals surface area contributed by atoms with Crippen LogP contribution in [-0.2, 0) is 11.2 Å². The van der Waals surface area contributed by atoms with Crippen molar-refractivity contribution in [3.63, 3.8) is 0 Å². The Balaban J connectivity index is 1.82. The number of carbonyl (C=O) groups is 1. The smallest absolute Gasteiger partial charge is 0.475 e. The Labute approximate surface area is 146 Å². The Bertz CT molecular complexity index is 676. The highest BCUT2D eigenvalue weighted by Crippen LogP contribution is 2.15. The van der Waals surface area contributed by atoms with Crippen molar-refractivity contribution >= 4 is 13.0 Å². The lowest BCUT2D eigenvalue weighted by molar-refractivity contribution is -0.122. The molecular weight excluding hydrogens is 324 g/mol. The zero-order valence-corrected chi connectivity index (χ0v) is 14.0. The number of ether oxygens (including phenoxy) is 1. The first-order valence-corrected chi connectivity index (χ1v) is 8.03.